The molecule has 5 N–H and O–H groups in total. The Morgan fingerprint density at radius 1 is 1.00 bits per heavy atom. The molecule has 1 atom stereocenters. The summed E-state index contributed by atoms with van der Waals surface area (Å²) in [4.78, 5) is 37.1. The number of carbonyl (C=O) groups excluding carboxylic acids is 2. The highest BCUT2D eigenvalue weighted by molar-refractivity contribution is 7.75. The molecular formula is C28H29N8O5S-. The van der Waals surface area contributed by atoms with E-state index < -0.39 is 22.7 Å². The second kappa shape index (κ2) is 14.5. The van der Waals surface area contributed by atoms with Gasteiger partial charge in [0.25, 0.3) is 0 Å². The van der Waals surface area contributed by atoms with Crippen LogP contribution in [0.15, 0.2) is 88.5 Å². The fourth-order valence-corrected chi connectivity index (χ4v) is 4.22. The molecular weight excluding hydrogens is 560 g/mol. The summed E-state index contributed by atoms with van der Waals surface area (Å²) < 4.78 is 20.4. The molecule has 4 rings (SSSR count). The van der Waals surface area contributed by atoms with Crippen molar-refractivity contribution < 1.29 is 23.6 Å². The maximum absolute atomic E-state index is 12.3. The molecule has 0 fully saturated rings. The number of amides is 3. The number of hydrogen-bond acceptors (Lipinski definition) is 11. The Hall–Kier alpha value is -5.08. The van der Waals surface area contributed by atoms with Crippen molar-refractivity contribution in [1.82, 2.24) is 15.0 Å². The number of nitrogens with one attached hydrogen (secondary N) is 4. The maximum Gasteiger partial charge on any atom is 0.410 e. The number of urea groups is 1. The Morgan fingerprint density at radius 2 is 1.71 bits per heavy atom. The molecule has 2 heterocycles. The molecule has 0 aliphatic carbocycles. The van der Waals surface area contributed by atoms with E-state index in [0.717, 1.165) is 5.56 Å². The highest BCUT2D eigenvalue weighted by atomic mass is 32.2. The monoisotopic (exact) mass is 589 g/mol. The first-order valence-corrected chi connectivity index (χ1v) is 14.0. The minimum Gasteiger partial charge on any atom is -0.450 e. The standard InChI is InChI=1S/C28H29N8O5S/c1-3-41-28(39)36-42(40)23-12-10-20(11-13-23)32-26-30-16-24(25(35-26)31-18(2)17-37)19-6-8-21(9-7-19)33-27(38)34-22-5-4-14-29-15-22/h4-16,18,37H,3,17H2,1-2H3,(H2,33,34,38)(H2,30,31,32,35)/q-1. The van der Waals surface area contributed by atoms with Crippen molar-refractivity contribution in [3.8, 4) is 11.1 Å². The smallest absolute Gasteiger partial charge is 0.410 e. The predicted octanol–water partition coefficient (Wildman–Crippen LogP) is 5.38. The summed E-state index contributed by atoms with van der Waals surface area (Å²) in [6, 6.07) is 16.4. The van der Waals surface area contributed by atoms with Crippen molar-refractivity contribution >= 4 is 51.5 Å². The third-order valence-electron chi connectivity index (χ3n) is 5.56. The minimum atomic E-state index is -1.89. The zero-order chi connectivity index (χ0) is 29.9. The van der Waals surface area contributed by atoms with Gasteiger partial charge in [0.05, 0.1) is 25.1 Å². The number of carbonyl (C=O) groups is 2. The fourth-order valence-electron chi connectivity index (χ4n) is 3.56. The number of aromatic nitrogens is 3. The molecule has 3 amide bonds. The molecule has 0 aliphatic rings. The molecule has 0 radical (unpaired) electrons. The van der Waals surface area contributed by atoms with Gasteiger partial charge in [-0.3, -0.25) is 9.35 Å². The van der Waals surface area contributed by atoms with E-state index in [0.29, 0.717) is 33.3 Å². The Labute approximate surface area is 244 Å². The normalized spacial score (nSPS) is 12.2. The van der Waals surface area contributed by atoms with Crippen LogP contribution < -0.4 is 21.3 Å². The lowest BCUT2D eigenvalue weighted by Crippen LogP contribution is -2.21. The van der Waals surface area contributed by atoms with E-state index in [2.05, 4.69) is 40.6 Å². The van der Waals surface area contributed by atoms with Crippen molar-refractivity contribution in [1.29, 1.82) is 0 Å². The number of pyridine rings is 1. The number of ether oxygens (including phenoxy) is 1. The van der Waals surface area contributed by atoms with Crippen LogP contribution in [0, 0.1) is 0 Å². The lowest BCUT2D eigenvalue weighted by molar-refractivity contribution is 0.164. The molecule has 2 aromatic heterocycles. The highest BCUT2D eigenvalue weighted by Gasteiger charge is 2.13. The summed E-state index contributed by atoms with van der Waals surface area (Å²) in [5, 5.41) is 21.4. The molecule has 42 heavy (non-hydrogen) atoms. The van der Waals surface area contributed by atoms with Crippen molar-refractivity contribution in [2.45, 2.75) is 24.8 Å². The Kier molecular flexibility index (Phi) is 10.3. The lowest BCUT2D eigenvalue weighted by atomic mass is 10.1. The van der Waals surface area contributed by atoms with Crippen LogP contribution in [0.1, 0.15) is 13.8 Å². The summed E-state index contributed by atoms with van der Waals surface area (Å²) in [7, 11) is -1.89. The first-order chi connectivity index (χ1) is 20.3. The van der Waals surface area contributed by atoms with Crippen LogP contribution in [-0.2, 0) is 19.5 Å². The van der Waals surface area contributed by atoms with Crippen LogP contribution in [0.3, 0.4) is 0 Å². The average molecular weight is 590 g/mol. The molecule has 13 nitrogen and oxygen atoms in total. The van der Waals surface area contributed by atoms with E-state index in [1.54, 1.807) is 74.0 Å². The molecule has 0 saturated heterocycles. The average Bonchev–Trinajstić information content (AvgIpc) is 2.98. The molecule has 4 aromatic rings. The minimum absolute atomic E-state index is 0.115. The first-order valence-electron chi connectivity index (χ1n) is 12.8. The van der Waals surface area contributed by atoms with Gasteiger partial charge in [0.2, 0.25) is 5.95 Å². The largest absolute Gasteiger partial charge is 0.450 e. The van der Waals surface area contributed by atoms with E-state index >= 15 is 0 Å². The number of rotatable bonds is 10. The van der Waals surface area contributed by atoms with Gasteiger partial charge in [-0.15, -0.1) is 10.6 Å². The van der Waals surface area contributed by atoms with Crippen LogP contribution in [0.5, 0.6) is 0 Å². The van der Waals surface area contributed by atoms with Crippen LogP contribution >= 0.6 is 0 Å². The van der Waals surface area contributed by atoms with E-state index in [1.807, 2.05) is 19.1 Å². The number of aliphatic hydroxyl groups excluding tert-OH is 1. The SMILES string of the molecule is CCOC(=O)N=[S-](=O)c1ccc(Nc2ncc(-c3ccc(NC(=O)Nc4cccnc4)cc3)c(NC(C)CO)n2)cc1. The van der Waals surface area contributed by atoms with Crippen molar-refractivity contribution in [2.75, 3.05) is 34.5 Å². The quantitative estimate of drug-likeness (QED) is 0.151. The maximum atomic E-state index is 12.3. The van der Waals surface area contributed by atoms with Gasteiger partial charge in [0.1, 0.15) is 5.82 Å². The Bertz CT molecular complexity index is 1600. The number of anilines is 5. The number of benzene rings is 2. The predicted molar refractivity (Wildman–Crippen MR) is 160 cm³/mol. The van der Waals surface area contributed by atoms with E-state index in [4.69, 9.17) is 4.74 Å². The van der Waals surface area contributed by atoms with Gasteiger partial charge < -0.3 is 35.3 Å². The second-order valence-electron chi connectivity index (χ2n) is 8.77. The van der Waals surface area contributed by atoms with E-state index in [9.17, 15) is 18.9 Å². The topological polar surface area (TPSA) is 180 Å². The fraction of sp³-hybridized carbons (Fsp3) is 0.179. The first kappa shape index (κ1) is 29.9. The van der Waals surface area contributed by atoms with Crippen LogP contribution in [-0.4, -0.2) is 51.4 Å². The van der Waals surface area contributed by atoms with Crippen LogP contribution in [0.2, 0.25) is 0 Å². The molecule has 0 bridgehead atoms. The van der Waals surface area contributed by atoms with Crippen LogP contribution in [0.25, 0.3) is 11.1 Å². The van der Waals surface area contributed by atoms with Gasteiger partial charge in [0.15, 0.2) is 0 Å². The number of aliphatic hydroxyl groups is 1. The third kappa shape index (κ3) is 8.46. The summed E-state index contributed by atoms with van der Waals surface area (Å²) in [5.74, 6) is 0.761. The molecule has 0 spiro atoms. The molecule has 0 saturated carbocycles. The number of nitrogens with zero attached hydrogens (tertiary/aromatic N) is 4. The van der Waals surface area contributed by atoms with Gasteiger partial charge in [0, 0.05) is 35.4 Å². The van der Waals surface area contributed by atoms with E-state index in [-0.39, 0.29) is 25.2 Å². The van der Waals surface area contributed by atoms with Gasteiger partial charge >= 0.3 is 12.1 Å². The number of hydrogen-bond donors (Lipinski definition) is 5. The third-order valence-corrected chi connectivity index (χ3v) is 6.55. The van der Waals surface area contributed by atoms with Gasteiger partial charge in [-0.1, -0.05) is 29.2 Å². The summed E-state index contributed by atoms with van der Waals surface area (Å²) >= 11 is 0. The summed E-state index contributed by atoms with van der Waals surface area (Å²) in [6.45, 7) is 3.48. The van der Waals surface area contributed by atoms with Crippen LogP contribution in [0.4, 0.5) is 38.4 Å². The molecule has 0 aliphatic heterocycles. The second-order valence-corrected chi connectivity index (χ2v) is 9.92. The zero-order valence-corrected chi connectivity index (χ0v) is 23.6. The molecule has 1 unspecified atom stereocenters. The zero-order valence-electron chi connectivity index (χ0n) is 22.8. The van der Waals surface area contributed by atoms with Gasteiger partial charge in [-0.25, -0.2) is 14.6 Å². The molecule has 14 heteroatoms. The Morgan fingerprint density at radius 3 is 2.38 bits per heavy atom. The lowest BCUT2D eigenvalue weighted by Gasteiger charge is -2.17. The molecule has 2 aromatic carbocycles. The summed E-state index contributed by atoms with van der Waals surface area (Å²) in [5.41, 5.74) is 3.22. The highest BCUT2D eigenvalue weighted by Crippen LogP contribution is 2.29. The van der Waals surface area contributed by atoms with Crippen molar-refractivity contribution in [2.24, 2.45) is 4.36 Å². The molecule has 218 valence electrons. The van der Waals surface area contributed by atoms with Gasteiger partial charge in [-0.2, -0.15) is 4.98 Å². The van der Waals surface area contributed by atoms with Gasteiger partial charge in [-0.05, 0) is 55.8 Å². The summed E-state index contributed by atoms with van der Waals surface area (Å²) in [6.07, 6.45) is 3.92. The van der Waals surface area contributed by atoms with E-state index in [1.165, 1.54) is 0 Å². The van der Waals surface area contributed by atoms with Crippen molar-refractivity contribution in [3.05, 3.63) is 79.3 Å². The van der Waals surface area contributed by atoms with Crippen molar-refractivity contribution in [3.63, 3.8) is 0 Å². The Balaban J connectivity index is 1.49.